The van der Waals surface area contributed by atoms with E-state index in [1.54, 1.807) is 13.8 Å². The van der Waals surface area contributed by atoms with Crippen molar-refractivity contribution < 1.29 is 4.39 Å². The van der Waals surface area contributed by atoms with Crippen molar-refractivity contribution in [1.82, 2.24) is 0 Å². The maximum Gasteiger partial charge on any atom is 0.129 e. The summed E-state index contributed by atoms with van der Waals surface area (Å²) in [6.45, 7) is 5.56. The lowest BCUT2D eigenvalue weighted by atomic mass is 9.99. The van der Waals surface area contributed by atoms with Gasteiger partial charge in [-0.2, -0.15) is 0 Å². The molecule has 1 unspecified atom stereocenters. The smallest absolute Gasteiger partial charge is 0.129 e. The number of alkyl halides is 1. The zero-order valence-corrected chi connectivity index (χ0v) is 13.4. The van der Waals surface area contributed by atoms with Crippen LogP contribution in [0.4, 0.5) is 4.39 Å². The predicted octanol–water partition coefficient (Wildman–Crippen LogP) is 5.84. The molecule has 0 aliphatic carbocycles. The van der Waals surface area contributed by atoms with Gasteiger partial charge in [0.05, 0.1) is 5.38 Å². The Labute approximate surface area is 126 Å². The minimum atomic E-state index is -0.269. The summed E-state index contributed by atoms with van der Waals surface area (Å²) in [4.78, 5) is 0. The van der Waals surface area contributed by atoms with Crippen molar-refractivity contribution in [3.8, 4) is 0 Å². The Hall–Kier alpha value is -0.860. The third-order valence-corrected chi connectivity index (χ3v) is 4.60. The summed E-state index contributed by atoms with van der Waals surface area (Å²) in [6.07, 6.45) is 0. The van der Waals surface area contributed by atoms with E-state index in [9.17, 15) is 4.39 Å². The molecule has 0 aromatic heterocycles. The topological polar surface area (TPSA) is 0 Å². The SMILES string of the molecule is Cc1ccc(C(Cl)c2cc(C)c(F)c(C)c2)cc1Br. The van der Waals surface area contributed by atoms with Crippen LogP contribution in [-0.2, 0) is 0 Å². The summed E-state index contributed by atoms with van der Waals surface area (Å²) in [6, 6.07) is 9.67. The average Bonchev–Trinajstić information content (AvgIpc) is 2.37. The van der Waals surface area contributed by atoms with Crippen molar-refractivity contribution in [2.45, 2.75) is 26.1 Å². The maximum absolute atomic E-state index is 13.6. The fraction of sp³-hybridized carbons (Fsp3) is 0.250. The Balaban J connectivity index is 2.43. The molecule has 0 aliphatic rings. The van der Waals surface area contributed by atoms with Crippen molar-refractivity contribution in [3.63, 3.8) is 0 Å². The van der Waals surface area contributed by atoms with Gasteiger partial charge in [-0.15, -0.1) is 11.6 Å². The lowest BCUT2D eigenvalue weighted by molar-refractivity contribution is 0.608. The van der Waals surface area contributed by atoms with Crippen LogP contribution in [0.1, 0.15) is 33.2 Å². The van der Waals surface area contributed by atoms with E-state index in [0.29, 0.717) is 11.1 Å². The lowest BCUT2D eigenvalue weighted by Crippen LogP contribution is -1.98. The number of hydrogen-bond donors (Lipinski definition) is 0. The highest BCUT2D eigenvalue weighted by Crippen LogP contribution is 2.33. The largest absolute Gasteiger partial charge is 0.206 e. The molecular formula is C16H15BrClF. The number of hydrogen-bond acceptors (Lipinski definition) is 0. The molecule has 1 atom stereocenters. The van der Waals surface area contributed by atoms with Gasteiger partial charge in [-0.05, 0) is 54.7 Å². The lowest BCUT2D eigenvalue weighted by Gasteiger charge is -2.14. The molecule has 2 aromatic carbocycles. The summed E-state index contributed by atoms with van der Waals surface area (Å²) >= 11 is 10.0. The standard InChI is InChI=1S/C16H15BrClF/c1-9-4-5-12(8-14(9)17)15(18)13-6-10(2)16(19)11(3)7-13/h4-8,15H,1-3H3. The summed E-state index contributed by atoms with van der Waals surface area (Å²) < 4.78 is 14.7. The van der Waals surface area contributed by atoms with Crippen molar-refractivity contribution in [1.29, 1.82) is 0 Å². The van der Waals surface area contributed by atoms with Gasteiger partial charge in [-0.3, -0.25) is 0 Å². The van der Waals surface area contributed by atoms with E-state index in [1.165, 1.54) is 5.56 Å². The number of aryl methyl sites for hydroxylation is 3. The van der Waals surface area contributed by atoms with Crippen LogP contribution in [0.2, 0.25) is 0 Å². The van der Waals surface area contributed by atoms with E-state index >= 15 is 0 Å². The van der Waals surface area contributed by atoms with Gasteiger partial charge < -0.3 is 0 Å². The van der Waals surface area contributed by atoms with Gasteiger partial charge in [0.1, 0.15) is 5.82 Å². The van der Waals surface area contributed by atoms with E-state index in [0.717, 1.165) is 15.6 Å². The van der Waals surface area contributed by atoms with Crippen molar-refractivity contribution in [2.75, 3.05) is 0 Å². The molecule has 0 amide bonds. The van der Waals surface area contributed by atoms with Crippen LogP contribution >= 0.6 is 27.5 Å². The molecule has 0 radical (unpaired) electrons. The van der Waals surface area contributed by atoms with E-state index < -0.39 is 0 Å². The van der Waals surface area contributed by atoms with Crippen LogP contribution in [-0.4, -0.2) is 0 Å². The van der Waals surface area contributed by atoms with Gasteiger partial charge in [0.2, 0.25) is 0 Å². The predicted molar refractivity (Wildman–Crippen MR) is 82.4 cm³/mol. The normalized spacial score (nSPS) is 12.5. The van der Waals surface area contributed by atoms with Crippen LogP contribution < -0.4 is 0 Å². The quantitative estimate of drug-likeness (QED) is 0.602. The maximum atomic E-state index is 13.6. The Bertz CT molecular complexity index is 599. The molecule has 3 heteroatoms. The van der Waals surface area contributed by atoms with Gasteiger partial charge in [0.15, 0.2) is 0 Å². The van der Waals surface area contributed by atoms with Crippen LogP contribution in [0.3, 0.4) is 0 Å². The van der Waals surface area contributed by atoms with Gasteiger partial charge in [-0.25, -0.2) is 4.39 Å². The fourth-order valence-electron chi connectivity index (χ4n) is 2.08. The zero-order chi connectivity index (χ0) is 14.2. The van der Waals surface area contributed by atoms with Crippen LogP contribution in [0.25, 0.3) is 0 Å². The van der Waals surface area contributed by atoms with Crippen LogP contribution in [0, 0.1) is 26.6 Å². The van der Waals surface area contributed by atoms with Gasteiger partial charge >= 0.3 is 0 Å². The third-order valence-electron chi connectivity index (χ3n) is 3.24. The first kappa shape index (κ1) is 14.5. The van der Waals surface area contributed by atoms with Crippen LogP contribution in [0.15, 0.2) is 34.8 Å². The molecule has 0 bridgehead atoms. The minimum absolute atomic E-state index is 0.155. The zero-order valence-electron chi connectivity index (χ0n) is 11.1. The summed E-state index contributed by atoms with van der Waals surface area (Å²) in [5.41, 5.74) is 4.36. The number of rotatable bonds is 2. The Morgan fingerprint density at radius 1 is 0.947 bits per heavy atom. The number of benzene rings is 2. The molecule has 0 saturated carbocycles. The third kappa shape index (κ3) is 3.01. The summed E-state index contributed by atoms with van der Waals surface area (Å²) in [5.74, 6) is -0.155. The first-order valence-corrected chi connectivity index (χ1v) is 7.30. The van der Waals surface area contributed by atoms with Gasteiger partial charge in [0, 0.05) is 4.47 Å². The number of halogens is 3. The molecule has 2 rings (SSSR count). The molecule has 100 valence electrons. The molecule has 0 heterocycles. The monoisotopic (exact) mass is 340 g/mol. The minimum Gasteiger partial charge on any atom is -0.206 e. The molecular weight excluding hydrogens is 327 g/mol. The van der Waals surface area contributed by atoms with Crippen LogP contribution in [0.5, 0.6) is 0 Å². The first-order valence-electron chi connectivity index (χ1n) is 6.07. The fourth-order valence-corrected chi connectivity index (χ4v) is 2.74. The van der Waals surface area contributed by atoms with E-state index in [4.69, 9.17) is 11.6 Å². The highest BCUT2D eigenvalue weighted by Gasteiger charge is 2.14. The molecule has 0 nitrogen and oxygen atoms in total. The molecule has 0 N–H and O–H groups in total. The Morgan fingerprint density at radius 2 is 1.53 bits per heavy atom. The highest BCUT2D eigenvalue weighted by molar-refractivity contribution is 9.10. The molecule has 19 heavy (non-hydrogen) atoms. The Kier molecular flexibility index (Phi) is 4.32. The summed E-state index contributed by atoms with van der Waals surface area (Å²) in [5, 5.41) is -0.269. The van der Waals surface area contributed by atoms with E-state index in [1.807, 2.05) is 37.3 Å². The molecule has 0 aliphatic heterocycles. The first-order chi connectivity index (χ1) is 8.90. The second-order valence-corrected chi connectivity index (χ2v) is 6.13. The second kappa shape index (κ2) is 5.64. The summed E-state index contributed by atoms with van der Waals surface area (Å²) in [7, 11) is 0. The second-order valence-electron chi connectivity index (χ2n) is 4.84. The molecule has 0 spiro atoms. The van der Waals surface area contributed by atoms with Crippen molar-refractivity contribution in [3.05, 3.63) is 68.4 Å². The Morgan fingerprint density at radius 3 is 2.05 bits per heavy atom. The van der Waals surface area contributed by atoms with Gasteiger partial charge in [-0.1, -0.05) is 40.2 Å². The molecule has 2 aromatic rings. The van der Waals surface area contributed by atoms with Crippen molar-refractivity contribution >= 4 is 27.5 Å². The van der Waals surface area contributed by atoms with Gasteiger partial charge in [0.25, 0.3) is 0 Å². The molecule has 0 saturated heterocycles. The molecule has 0 fully saturated rings. The highest BCUT2D eigenvalue weighted by atomic mass is 79.9. The van der Waals surface area contributed by atoms with Crippen molar-refractivity contribution in [2.24, 2.45) is 0 Å². The van der Waals surface area contributed by atoms with E-state index in [-0.39, 0.29) is 11.2 Å². The van der Waals surface area contributed by atoms with E-state index in [2.05, 4.69) is 15.9 Å². The average molecular weight is 342 g/mol.